The van der Waals surface area contributed by atoms with E-state index in [1.807, 2.05) is 6.92 Å². The Labute approximate surface area is 106 Å². The van der Waals surface area contributed by atoms with Crippen molar-refractivity contribution in [1.82, 2.24) is 15.5 Å². The Balaban J connectivity index is 2.12. The maximum Gasteiger partial charge on any atom is 0.123 e. The lowest BCUT2D eigenvalue weighted by Crippen LogP contribution is -2.15. The molecule has 0 atom stereocenters. The first-order chi connectivity index (χ1) is 8.66. The average Bonchev–Trinajstić information content (AvgIpc) is 2.78. The van der Waals surface area contributed by atoms with Gasteiger partial charge in [0.15, 0.2) is 0 Å². The molecular formula is C14H16FN3. The summed E-state index contributed by atoms with van der Waals surface area (Å²) in [6.07, 6.45) is 1.78. The molecule has 4 heteroatoms. The molecule has 0 fully saturated rings. The molecule has 0 aliphatic carbocycles. The molecule has 0 amide bonds. The van der Waals surface area contributed by atoms with Gasteiger partial charge in [-0.2, -0.15) is 5.10 Å². The minimum Gasteiger partial charge on any atom is -0.309 e. The standard InChI is InChI=1S/C14H16FN3/c1-10(2)7-16-8-12-9-17-18-14(12)11-3-5-13(15)6-4-11/h3-6,9,16H,1,7-8H2,2H3,(H,17,18). The number of aromatic amines is 1. The second-order valence-corrected chi connectivity index (χ2v) is 4.34. The largest absolute Gasteiger partial charge is 0.309 e. The Kier molecular flexibility index (Phi) is 3.89. The number of benzene rings is 1. The molecule has 2 rings (SSSR count). The third kappa shape index (κ3) is 3.05. The van der Waals surface area contributed by atoms with Crippen molar-refractivity contribution in [3.63, 3.8) is 0 Å². The molecular weight excluding hydrogens is 229 g/mol. The van der Waals surface area contributed by atoms with Crippen LogP contribution >= 0.6 is 0 Å². The van der Waals surface area contributed by atoms with Gasteiger partial charge < -0.3 is 5.32 Å². The van der Waals surface area contributed by atoms with Crippen LogP contribution < -0.4 is 5.32 Å². The zero-order chi connectivity index (χ0) is 13.0. The second kappa shape index (κ2) is 5.60. The van der Waals surface area contributed by atoms with Crippen molar-refractivity contribution in [2.24, 2.45) is 0 Å². The van der Waals surface area contributed by atoms with Crippen molar-refractivity contribution in [2.75, 3.05) is 6.54 Å². The van der Waals surface area contributed by atoms with Gasteiger partial charge in [0.2, 0.25) is 0 Å². The second-order valence-electron chi connectivity index (χ2n) is 4.34. The van der Waals surface area contributed by atoms with Crippen LogP contribution in [0.2, 0.25) is 0 Å². The minimum atomic E-state index is -0.236. The van der Waals surface area contributed by atoms with Gasteiger partial charge in [-0.15, -0.1) is 0 Å². The lowest BCUT2D eigenvalue weighted by atomic mass is 10.1. The summed E-state index contributed by atoms with van der Waals surface area (Å²) in [7, 11) is 0. The molecule has 0 aliphatic heterocycles. The van der Waals surface area contributed by atoms with Crippen LogP contribution in [0.3, 0.4) is 0 Å². The third-order valence-corrected chi connectivity index (χ3v) is 2.59. The van der Waals surface area contributed by atoms with Gasteiger partial charge in [0.25, 0.3) is 0 Å². The zero-order valence-electron chi connectivity index (χ0n) is 10.3. The summed E-state index contributed by atoms with van der Waals surface area (Å²) in [6, 6.07) is 6.37. The van der Waals surface area contributed by atoms with E-state index in [4.69, 9.17) is 0 Å². The molecule has 3 nitrogen and oxygen atoms in total. The number of rotatable bonds is 5. The van der Waals surface area contributed by atoms with E-state index < -0.39 is 0 Å². The summed E-state index contributed by atoms with van der Waals surface area (Å²) in [5.74, 6) is -0.236. The molecule has 1 heterocycles. The van der Waals surface area contributed by atoms with Crippen LogP contribution in [0, 0.1) is 5.82 Å². The van der Waals surface area contributed by atoms with Crippen LogP contribution in [-0.4, -0.2) is 16.7 Å². The van der Waals surface area contributed by atoms with Crippen molar-refractivity contribution < 1.29 is 4.39 Å². The number of aromatic nitrogens is 2. The first-order valence-corrected chi connectivity index (χ1v) is 5.80. The molecule has 1 aromatic carbocycles. The summed E-state index contributed by atoms with van der Waals surface area (Å²) >= 11 is 0. The SMILES string of the molecule is C=C(C)CNCc1cn[nH]c1-c1ccc(F)cc1. The van der Waals surface area contributed by atoms with Gasteiger partial charge in [-0.05, 0) is 31.2 Å². The van der Waals surface area contributed by atoms with E-state index in [0.29, 0.717) is 6.54 Å². The zero-order valence-corrected chi connectivity index (χ0v) is 10.3. The van der Waals surface area contributed by atoms with Gasteiger partial charge in [-0.25, -0.2) is 4.39 Å². The molecule has 2 aromatic rings. The molecule has 18 heavy (non-hydrogen) atoms. The molecule has 2 N–H and O–H groups in total. The van der Waals surface area contributed by atoms with Crippen LogP contribution in [0.25, 0.3) is 11.3 Å². The quantitative estimate of drug-likeness (QED) is 0.795. The number of halogens is 1. The van der Waals surface area contributed by atoms with Gasteiger partial charge in [0.05, 0.1) is 11.9 Å². The topological polar surface area (TPSA) is 40.7 Å². The van der Waals surface area contributed by atoms with Gasteiger partial charge in [0, 0.05) is 24.2 Å². The monoisotopic (exact) mass is 245 g/mol. The van der Waals surface area contributed by atoms with E-state index >= 15 is 0 Å². The van der Waals surface area contributed by atoms with Gasteiger partial charge >= 0.3 is 0 Å². The molecule has 0 radical (unpaired) electrons. The Morgan fingerprint density at radius 1 is 1.39 bits per heavy atom. The Morgan fingerprint density at radius 3 is 2.78 bits per heavy atom. The molecule has 0 aliphatic rings. The van der Waals surface area contributed by atoms with Crippen molar-refractivity contribution in [3.05, 3.63) is 54.0 Å². The van der Waals surface area contributed by atoms with E-state index in [-0.39, 0.29) is 5.82 Å². The van der Waals surface area contributed by atoms with Crippen molar-refractivity contribution in [1.29, 1.82) is 0 Å². The lowest BCUT2D eigenvalue weighted by Gasteiger charge is -2.05. The van der Waals surface area contributed by atoms with E-state index in [1.165, 1.54) is 12.1 Å². The highest BCUT2D eigenvalue weighted by molar-refractivity contribution is 5.62. The Bertz CT molecular complexity index is 528. The number of H-pyrrole nitrogens is 1. The predicted octanol–water partition coefficient (Wildman–Crippen LogP) is 2.88. The van der Waals surface area contributed by atoms with Crippen LogP contribution in [0.1, 0.15) is 12.5 Å². The minimum absolute atomic E-state index is 0.236. The molecule has 1 aromatic heterocycles. The lowest BCUT2D eigenvalue weighted by molar-refractivity contribution is 0.628. The first kappa shape index (κ1) is 12.5. The third-order valence-electron chi connectivity index (χ3n) is 2.59. The van der Waals surface area contributed by atoms with Crippen molar-refractivity contribution >= 4 is 0 Å². The highest BCUT2D eigenvalue weighted by Gasteiger charge is 2.07. The number of nitrogens with zero attached hydrogens (tertiary/aromatic N) is 1. The normalized spacial score (nSPS) is 10.6. The van der Waals surface area contributed by atoms with E-state index in [1.54, 1.807) is 18.3 Å². The number of hydrogen-bond acceptors (Lipinski definition) is 2. The smallest absolute Gasteiger partial charge is 0.123 e. The van der Waals surface area contributed by atoms with E-state index in [0.717, 1.165) is 28.9 Å². The summed E-state index contributed by atoms with van der Waals surface area (Å²) in [4.78, 5) is 0. The maximum atomic E-state index is 12.9. The molecule has 0 unspecified atom stereocenters. The van der Waals surface area contributed by atoms with E-state index in [2.05, 4.69) is 22.1 Å². The predicted molar refractivity (Wildman–Crippen MR) is 70.5 cm³/mol. The van der Waals surface area contributed by atoms with Crippen molar-refractivity contribution in [2.45, 2.75) is 13.5 Å². The van der Waals surface area contributed by atoms with E-state index in [9.17, 15) is 4.39 Å². The van der Waals surface area contributed by atoms with Crippen LogP contribution in [0.5, 0.6) is 0 Å². The van der Waals surface area contributed by atoms with Crippen LogP contribution in [0.15, 0.2) is 42.6 Å². The van der Waals surface area contributed by atoms with Crippen LogP contribution in [-0.2, 0) is 6.54 Å². The molecule has 94 valence electrons. The highest BCUT2D eigenvalue weighted by atomic mass is 19.1. The fourth-order valence-electron chi connectivity index (χ4n) is 1.72. The number of nitrogens with one attached hydrogen (secondary N) is 2. The molecule has 0 spiro atoms. The van der Waals surface area contributed by atoms with Crippen molar-refractivity contribution in [3.8, 4) is 11.3 Å². The summed E-state index contributed by atoms with van der Waals surface area (Å²) in [5.41, 5.74) is 4.00. The fourth-order valence-corrected chi connectivity index (χ4v) is 1.72. The van der Waals surface area contributed by atoms with Gasteiger partial charge in [-0.3, -0.25) is 5.10 Å². The van der Waals surface area contributed by atoms with Gasteiger partial charge in [-0.1, -0.05) is 12.2 Å². The summed E-state index contributed by atoms with van der Waals surface area (Å²) in [5, 5.41) is 10.3. The Hall–Kier alpha value is -1.94. The fraction of sp³-hybridized carbons (Fsp3) is 0.214. The van der Waals surface area contributed by atoms with Crippen LogP contribution in [0.4, 0.5) is 4.39 Å². The Morgan fingerprint density at radius 2 is 2.11 bits per heavy atom. The molecule has 0 saturated carbocycles. The highest BCUT2D eigenvalue weighted by Crippen LogP contribution is 2.21. The van der Waals surface area contributed by atoms with Gasteiger partial charge in [0.1, 0.15) is 5.82 Å². The summed E-state index contributed by atoms with van der Waals surface area (Å²) < 4.78 is 12.9. The number of hydrogen-bond donors (Lipinski definition) is 2. The average molecular weight is 245 g/mol. The summed E-state index contributed by atoms with van der Waals surface area (Å²) in [6.45, 7) is 7.29. The molecule has 0 bridgehead atoms. The maximum absolute atomic E-state index is 12.9. The molecule has 0 saturated heterocycles. The first-order valence-electron chi connectivity index (χ1n) is 5.80.